The predicted octanol–water partition coefficient (Wildman–Crippen LogP) is 3.47. The number of anilines is 1. The van der Waals surface area contributed by atoms with E-state index in [2.05, 4.69) is 5.10 Å². The van der Waals surface area contributed by atoms with Crippen LogP contribution < -0.4 is 4.90 Å². The van der Waals surface area contributed by atoms with Gasteiger partial charge in [-0.25, -0.2) is 9.40 Å². The molecular weight excluding hydrogens is 357 g/mol. The first-order valence-corrected chi connectivity index (χ1v) is 8.48. The van der Waals surface area contributed by atoms with E-state index in [-0.39, 0.29) is 24.8 Å². The Morgan fingerprint density at radius 2 is 1.96 bits per heavy atom. The van der Waals surface area contributed by atoms with Gasteiger partial charge >= 0.3 is 0 Å². The number of hydrogen-bond donors (Lipinski definition) is 0. The van der Waals surface area contributed by atoms with Gasteiger partial charge in [-0.3, -0.25) is 9.59 Å². The molecule has 0 unspecified atom stereocenters. The van der Waals surface area contributed by atoms with Crippen molar-refractivity contribution in [2.75, 3.05) is 18.5 Å². The molecule has 134 valence electrons. The Bertz CT molecular complexity index is 867. The molecule has 0 N–H and O–H groups in total. The monoisotopic (exact) mass is 373 g/mol. The molecule has 1 aliphatic heterocycles. The van der Waals surface area contributed by atoms with Gasteiger partial charge in [-0.05, 0) is 35.9 Å². The van der Waals surface area contributed by atoms with Crippen LogP contribution in [0.25, 0.3) is 0 Å². The van der Waals surface area contributed by atoms with E-state index < -0.39 is 5.82 Å². The van der Waals surface area contributed by atoms with E-state index in [1.165, 1.54) is 35.2 Å². The summed E-state index contributed by atoms with van der Waals surface area (Å²) in [7, 11) is 1.54. The van der Waals surface area contributed by atoms with Gasteiger partial charge in [0.1, 0.15) is 12.4 Å². The van der Waals surface area contributed by atoms with Crippen LogP contribution in [-0.2, 0) is 9.59 Å². The van der Waals surface area contributed by atoms with Gasteiger partial charge in [-0.1, -0.05) is 29.8 Å². The van der Waals surface area contributed by atoms with E-state index in [9.17, 15) is 14.0 Å². The fourth-order valence-corrected chi connectivity index (χ4v) is 2.76. The number of hydrazone groups is 1. The molecule has 0 atom stereocenters. The first-order valence-electron chi connectivity index (χ1n) is 8.10. The summed E-state index contributed by atoms with van der Waals surface area (Å²) in [5.74, 6) is -1.01. The molecule has 7 heteroatoms. The van der Waals surface area contributed by atoms with Crippen LogP contribution in [0, 0.1) is 5.82 Å². The van der Waals surface area contributed by atoms with Crippen molar-refractivity contribution in [2.45, 2.75) is 12.8 Å². The second kappa shape index (κ2) is 7.66. The molecule has 5 nitrogen and oxygen atoms in total. The summed E-state index contributed by atoms with van der Waals surface area (Å²) in [6, 6.07) is 12.9. The second-order valence-corrected chi connectivity index (χ2v) is 6.37. The van der Waals surface area contributed by atoms with Crippen LogP contribution in [-0.4, -0.2) is 36.1 Å². The van der Waals surface area contributed by atoms with Gasteiger partial charge in [0.2, 0.25) is 11.8 Å². The number of nitrogens with zero attached hydrogens (tertiary/aromatic N) is 3. The van der Waals surface area contributed by atoms with Crippen LogP contribution in [0.5, 0.6) is 0 Å². The zero-order valence-electron chi connectivity index (χ0n) is 14.2. The molecule has 2 aromatic carbocycles. The smallest absolute Gasteiger partial charge is 0.248 e. The molecule has 0 aliphatic carbocycles. The van der Waals surface area contributed by atoms with E-state index >= 15 is 0 Å². The Morgan fingerprint density at radius 3 is 2.65 bits per heavy atom. The zero-order chi connectivity index (χ0) is 18.7. The fourth-order valence-electron chi connectivity index (χ4n) is 2.64. The number of likely N-dealkylation sites (N-methyl/N-ethyl adjacent to an activating group) is 1. The molecule has 0 radical (unpaired) electrons. The molecular formula is C19H17ClFN3O2. The first kappa shape index (κ1) is 18.1. The van der Waals surface area contributed by atoms with Crippen LogP contribution in [0.3, 0.4) is 0 Å². The van der Waals surface area contributed by atoms with Crippen LogP contribution in [0.2, 0.25) is 5.02 Å². The van der Waals surface area contributed by atoms with Crippen LogP contribution >= 0.6 is 11.6 Å². The van der Waals surface area contributed by atoms with Crippen LogP contribution in [0.15, 0.2) is 53.6 Å². The lowest BCUT2D eigenvalue weighted by Gasteiger charge is -2.25. The number of rotatable bonds is 4. The van der Waals surface area contributed by atoms with Gasteiger partial charge in [0, 0.05) is 30.6 Å². The average Bonchev–Trinajstić information content (AvgIpc) is 2.63. The lowest BCUT2D eigenvalue weighted by molar-refractivity contribution is -0.135. The summed E-state index contributed by atoms with van der Waals surface area (Å²) < 4.78 is 13.3. The zero-order valence-corrected chi connectivity index (χ0v) is 14.9. The molecule has 0 fully saturated rings. The number of carbonyl (C=O) groups excluding carboxylic acids is 2. The molecule has 1 heterocycles. The average molecular weight is 374 g/mol. The van der Waals surface area contributed by atoms with E-state index in [0.29, 0.717) is 17.1 Å². The maximum Gasteiger partial charge on any atom is 0.248 e. The maximum atomic E-state index is 13.3. The van der Waals surface area contributed by atoms with Crippen molar-refractivity contribution in [3.8, 4) is 0 Å². The van der Waals surface area contributed by atoms with Gasteiger partial charge in [0.25, 0.3) is 0 Å². The van der Waals surface area contributed by atoms with Gasteiger partial charge in [0.15, 0.2) is 0 Å². The largest absolute Gasteiger partial charge is 0.314 e. The van der Waals surface area contributed by atoms with E-state index in [0.717, 1.165) is 11.3 Å². The summed E-state index contributed by atoms with van der Waals surface area (Å²) >= 11 is 5.89. The molecule has 2 aromatic rings. The summed E-state index contributed by atoms with van der Waals surface area (Å²) in [6.07, 6.45) is 0.781. The third-order valence-electron chi connectivity index (χ3n) is 4.14. The number of halogens is 2. The number of carbonyl (C=O) groups is 2. The Morgan fingerprint density at radius 1 is 1.23 bits per heavy atom. The number of benzene rings is 2. The Labute approximate surface area is 155 Å². The molecule has 26 heavy (non-hydrogen) atoms. The highest BCUT2D eigenvalue weighted by molar-refractivity contribution is 6.30. The molecule has 0 saturated heterocycles. The van der Waals surface area contributed by atoms with Gasteiger partial charge in [0.05, 0.1) is 5.71 Å². The molecule has 1 aliphatic rings. The summed E-state index contributed by atoms with van der Waals surface area (Å²) in [4.78, 5) is 25.9. The summed E-state index contributed by atoms with van der Waals surface area (Å²) in [6.45, 7) is -0.205. The minimum atomic E-state index is -0.431. The summed E-state index contributed by atoms with van der Waals surface area (Å²) in [5.41, 5.74) is 2.00. The first-order chi connectivity index (χ1) is 12.4. The standard InChI is InChI=1S/C19H17ClFN3O2/c1-23(16-4-2-3-15(21)11-16)19(26)12-24-18(25)10-9-17(22-24)13-5-7-14(20)8-6-13/h2-8,11H,9-10,12H2,1H3. The van der Waals surface area contributed by atoms with Crippen molar-refractivity contribution < 1.29 is 14.0 Å². The van der Waals surface area contributed by atoms with Crippen molar-refractivity contribution >= 4 is 34.8 Å². The highest BCUT2D eigenvalue weighted by atomic mass is 35.5. The number of hydrogen-bond acceptors (Lipinski definition) is 3. The van der Waals surface area contributed by atoms with Gasteiger partial charge < -0.3 is 4.90 Å². The van der Waals surface area contributed by atoms with Crippen molar-refractivity contribution in [1.82, 2.24) is 5.01 Å². The predicted molar refractivity (Wildman–Crippen MR) is 98.7 cm³/mol. The molecule has 0 bridgehead atoms. The Balaban J connectivity index is 1.76. The third kappa shape index (κ3) is 4.08. The SMILES string of the molecule is CN(C(=O)CN1N=C(c2ccc(Cl)cc2)CCC1=O)c1cccc(F)c1. The van der Waals surface area contributed by atoms with Crippen molar-refractivity contribution in [3.05, 3.63) is 64.9 Å². The molecule has 0 saturated carbocycles. The topological polar surface area (TPSA) is 53.0 Å². The molecule has 0 spiro atoms. The molecule has 0 aromatic heterocycles. The minimum absolute atomic E-state index is 0.205. The number of amides is 2. The van der Waals surface area contributed by atoms with E-state index in [4.69, 9.17) is 11.6 Å². The highest BCUT2D eigenvalue weighted by Crippen LogP contribution is 2.19. The maximum absolute atomic E-state index is 13.3. The van der Waals surface area contributed by atoms with Crippen molar-refractivity contribution in [1.29, 1.82) is 0 Å². The van der Waals surface area contributed by atoms with Crippen LogP contribution in [0.1, 0.15) is 18.4 Å². The minimum Gasteiger partial charge on any atom is -0.314 e. The summed E-state index contributed by atoms with van der Waals surface area (Å²) in [5, 5.41) is 6.12. The van der Waals surface area contributed by atoms with Gasteiger partial charge in [-0.15, -0.1) is 0 Å². The third-order valence-corrected chi connectivity index (χ3v) is 4.39. The Hall–Kier alpha value is -2.73. The molecule has 3 rings (SSSR count). The highest BCUT2D eigenvalue weighted by Gasteiger charge is 2.25. The quantitative estimate of drug-likeness (QED) is 0.824. The lowest BCUT2D eigenvalue weighted by Crippen LogP contribution is -2.41. The second-order valence-electron chi connectivity index (χ2n) is 5.94. The van der Waals surface area contributed by atoms with Crippen LogP contribution in [0.4, 0.5) is 10.1 Å². The lowest BCUT2D eigenvalue weighted by atomic mass is 10.0. The van der Waals surface area contributed by atoms with Gasteiger partial charge in [-0.2, -0.15) is 5.10 Å². The van der Waals surface area contributed by atoms with Crippen molar-refractivity contribution in [3.63, 3.8) is 0 Å². The van der Waals surface area contributed by atoms with Crippen molar-refractivity contribution in [2.24, 2.45) is 5.10 Å². The van der Waals surface area contributed by atoms with E-state index in [1.807, 2.05) is 12.1 Å². The molecule has 2 amide bonds. The van der Waals surface area contributed by atoms with E-state index in [1.54, 1.807) is 18.2 Å². The fraction of sp³-hybridized carbons (Fsp3) is 0.211. The normalized spacial score (nSPS) is 14.2. The Kier molecular flexibility index (Phi) is 5.32.